The van der Waals surface area contributed by atoms with Gasteiger partial charge in [-0.1, -0.05) is 42.0 Å². The molecule has 3 nitrogen and oxygen atoms in total. The second-order valence-corrected chi connectivity index (χ2v) is 6.51. The van der Waals surface area contributed by atoms with Crippen molar-refractivity contribution in [3.8, 4) is 11.3 Å². The summed E-state index contributed by atoms with van der Waals surface area (Å²) >= 11 is 1.48. The van der Waals surface area contributed by atoms with Crippen molar-refractivity contribution in [3.63, 3.8) is 0 Å². The van der Waals surface area contributed by atoms with E-state index in [0.717, 1.165) is 21.8 Å². The van der Waals surface area contributed by atoms with E-state index in [2.05, 4.69) is 10.3 Å². The lowest BCUT2D eigenvalue weighted by Crippen LogP contribution is -2.27. The van der Waals surface area contributed by atoms with E-state index >= 15 is 0 Å². The molecule has 0 bridgehead atoms. The fraction of sp³-hybridized carbons (Fsp3) is 0.158. The van der Waals surface area contributed by atoms with Gasteiger partial charge in [0.1, 0.15) is 10.8 Å². The molecule has 3 aromatic rings. The van der Waals surface area contributed by atoms with Crippen molar-refractivity contribution in [2.24, 2.45) is 0 Å². The van der Waals surface area contributed by atoms with E-state index in [1.807, 2.05) is 49.6 Å². The van der Waals surface area contributed by atoms with E-state index in [9.17, 15) is 9.18 Å². The van der Waals surface area contributed by atoms with Gasteiger partial charge >= 0.3 is 0 Å². The van der Waals surface area contributed by atoms with Crippen molar-refractivity contribution in [1.82, 2.24) is 10.3 Å². The Bertz CT molecular complexity index is 861. The Hall–Kier alpha value is -2.53. The lowest BCUT2D eigenvalue weighted by molar-refractivity contribution is 0.0935. The third-order valence-electron chi connectivity index (χ3n) is 3.68. The fourth-order valence-electron chi connectivity index (χ4n) is 2.38. The Morgan fingerprint density at radius 3 is 2.71 bits per heavy atom. The molecule has 0 spiro atoms. The standard InChI is InChI=1S/C19H17FN2OS/c1-12-8-9-16(20)15(10-12)18(23)21-13(2)19-22-17(11-24-19)14-6-4-3-5-7-14/h3-11,13H,1-2H3,(H,21,23). The predicted molar refractivity (Wildman–Crippen MR) is 94.6 cm³/mol. The Morgan fingerprint density at radius 2 is 1.96 bits per heavy atom. The van der Waals surface area contributed by atoms with Crippen molar-refractivity contribution in [3.05, 3.63) is 75.9 Å². The molecular formula is C19H17FN2OS. The second kappa shape index (κ2) is 6.93. The van der Waals surface area contributed by atoms with Gasteiger partial charge in [0, 0.05) is 10.9 Å². The number of thiazole rings is 1. The zero-order valence-electron chi connectivity index (χ0n) is 13.4. The summed E-state index contributed by atoms with van der Waals surface area (Å²) in [6.45, 7) is 3.67. The topological polar surface area (TPSA) is 42.0 Å². The predicted octanol–water partition coefficient (Wildman–Crippen LogP) is 4.75. The summed E-state index contributed by atoms with van der Waals surface area (Å²) in [7, 11) is 0. The SMILES string of the molecule is Cc1ccc(F)c(C(=O)NC(C)c2nc(-c3ccccc3)cs2)c1. The number of nitrogens with one attached hydrogen (secondary N) is 1. The summed E-state index contributed by atoms with van der Waals surface area (Å²) in [4.78, 5) is 16.9. The first kappa shape index (κ1) is 16.3. The van der Waals surface area contributed by atoms with Gasteiger partial charge in [0.15, 0.2) is 0 Å². The smallest absolute Gasteiger partial charge is 0.254 e. The maximum absolute atomic E-state index is 13.8. The van der Waals surface area contributed by atoms with Gasteiger partial charge in [-0.25, -0.2) is 9.37 Å². The quantitative estimate of drug-likeness (QED) is 0.745. The highest BCUT2D eigenvalue weighted by Gasteiger charge is 2.17. The van der Waals surface area contributed by atoms with Gasteiger partial charge in [-0.15, -0.1) is 11.3 Å². The molecule has 1 unspecified atom stereocenters. The van der Waals surface area contributed by atoms with Crippen LogP contribution in [-0.4, -0.2) is 10.9 Å². The monoisotopic (exact) mass is 340 g/mol. The summed E-state index contributed by atoms with van der Waals surface area (Å²) < 4.78 is 13.8. The van der Waals surface area contributed by atoms with Crippen molar-refractivity contribution in [2.75, 3.05) is 0 Å². The van der Waals surface area contributed by atoms with Crippen molar-refractivity contribution < 1.29 is 9.18 Å². The van der Waals surface area contributed by atoms with E-state index < -0.39 is 11.7 Å². The van der Waals surface area contributed by atoms with Crippen LogP contribution >= 0.6 is 11.3 Å². The number of amides is 1. The molecule has 1 amide bonds. The highest BCUT2D eigenvalue weighted by atomic mass is 32.1. The minimum atomic E-state index is -0.519. The number of rotatable bonds is 4. The molecule has 2 aromatic carbocycles. The van der Waals surface area contributed by atoms with E-state index in [-0.39, 0.29) is 11.6 Å². The first-order valence-electron chi connectivity index (χ1n) is 7.62. The number of aromatic nitrogens is 1. The molecule has 1 aromatic heterocycles. The number of nitrogens with zero attached hydrogens (tertiary/aromatic N) is 1. The van der Waals surface area contributed by atoms with Gasteiger partial charge in [-0.2, -0.15) is 0 Å². The fourth-order valence-corrected chi connectivity index (χ4v) is 3.21. The Balaban J connectivity index is 1.75. The average molecular weight is 340 g/mol. The van der Waals surface area contributed by atoms with Crippen LogP contribution in [0.25, 0.3) is 11.3 Å². The van der Waals surface area contributed by atoms with Crippen LogP contribution in [0.2, 0.25) is 0 Å². The molecule has 24 heavy (non-hydrogen) atoms. The molecule has 5 heteroatoms. The van der Waals surface area contributed by atoms with Crippen LogP contribution in [-0.2, 0) is 0 Å². The Morgan fingerprint density at radius 1 is 1.21 bits per heavy atom. The highest BCUT2D eigenvalue weighted by Crippen LogP contribution is 2.25. The largest absolute Gasteiger partial charge is 0.343 e. The second-order valence-electron chi connectivity index (χ2n) is 5.62. The third-order valence-corrected chi connectivity index (χ3v) is 4.70. The van der Waals surface area contributed by atoms with Crippen LogP contribution in [0.3, 0.4) is 0 Å². The molecule has 0 aliphatic heterocycles. The summed E-state index contributed by atoms with van der Waals surface area (Å²) in [6, 6.07) is 14.1. The Labute approximate surface area is 144 Å². The van der Waals surface area contributed by atoms with Crippen molar-refractivity contribution in [2.45, 2.75) is 19.9 Å². The van der Waals surface area contributed by atoms with Crippen LogP contribution in [0.1, 0.15) is 33.9 Å². The van der Waals surface area contributed by atoms with Crippen LogP contribution in [0.4, 0.5) is 4.39 Å². The van der Waals surface area contributed by atoms with Crippen LogP contribution in [0.15, 0.2) is 53.9 Å². The van der Waals surface area contributed by atoms with Gasteiger partial charge in [-0.05, 0) is 26.0 Å². The number of carbonyl (C=O) groups is 1. The third kappa shape index (κ3) is 3.51. The zero-order valence-corrected chi connectivity index (χ0v) is 14.2. The highest BCUT2D eigenvalue weighted by molar-refractivity contribution is 7.10. The molecule has 1 atom stereocenters. The van der Waals surface area contributed by atoms with Crippen LogP contribution < -0.4 is 5.32 Å². The van der Waals surface area contributed by atoms with Gasteiger partial charge < -0.3 is 5.32 Å². The maximum Gasteiger partial charge on any atom is 0.254 e. The summed E-state index contributed by atoms with van der Waals surface area (Å²) in [6.07, 6.45) is 0. The van der Waals surface area contributed by atoms with Gasteiger partial charge in [-0.3, -0.25) is 4.79 Å². The number of aryl methyl sites for hydroxylation is 1. The minimum Gasteiger partial charge on any atom is -0.343 e. The molecule has 0 saturated carbocycles. The molecule has 0 fully saturated rings. The van der Waals surface area contributed by atoms with E-state index in [1.165, 1.54) is 17.4 Å². The van der Waals surface area contributed by atoms with Crippen LogP contribution in [0, 0.1) is 12.7 Å². The normalized spacial score (nSPS) is 12.0. The summed E-state index contributed by atoms with van der Waals surface area (Å²) in [5, 5.41) is 5.56. The molecule has 1 N–H and O–H groups in total. The molecule has 0 saturated heterocycles. The molecule has 0 aliphatic carbocycles. The number of halogens is 1. The van der Waals surface area contributed by atoms with Crippen molar-refractivity contribution >= 4 is 17.2 Å². The van der Waals surface area contributed by atoms with E-state index in [0.29, 0.717) is 0 Å². The molecule has 3 rings (SSSR count). The minimum absolute atomic E-state index is 0.0571. The maximum atomic E-state index is 13.8. The van der Waals surface area contributed by atoms with Crippen molar-refractivity contribution in [1.29, 1.82) is 0 Å². The molecular weight excluding hydrogens is 323 g/mol. The molecule has 0 radical (unpaired) electrons. The van der Waals surface area contributed by atoms with Gasteiger partial charge in [0.05, 0.1) is 17.3 Å². The lowest BCUT2D eigenvalue weighted by atomic mass is 10.1. The molecule has 1 heterocycles. The van der Waals surface area contributed by atoms with E-state index in [1.54, 1.807) is 12.1 Å². The summed E-state index contributed by atoms with van der Waals surface area (Å²) in [5.41, 5.74) is 2.80. The lowest BCUT2D eigenvalue weighted by Gasteiger charge is -2.12. The number of carbonyl (C=O) groups excluding carboxylic acids is 1. The van der Waals surface area contributed by atoms with Gasteiger partial charge in [0.2, 0.25) is 0 Å². The molecule has 0 aliphatic rings. The summed E-state index contributed by atoms with van der Waals surface area (Å²) in [5.74, 6) is -0.949. The first-order chi connectivity index (χ1) is 11.5. The molecule has 122 valence electrons. The van der Waals surface area contributed by atoms with Gasteiger partial charge in [0.25, 0.3) is 5.91 Å². The number of hydrogen-bond donors (Lipinski definition) is 1. The number of benzene rings is 2. The average Bonchev–Trinajstić information content (AvgIpc) is 3.08. The Kier molecular flexibility index (Phi) is 4.71. The van der Waals surface area contributed by atoms with Crippen LogP contribution in [0.5, 0.6) is 0 Å². The zero-order chi connectivity index (χ0) is 17.1. The van der Waals surface area contributed by atoms with E-state index in [4.69, 9.17) is 0 Å². The first-order valence-corrected chi connectivity index (χ1v) is 8.50. The number of hydrogen-bond acceptors (Lipinski definition) is 3.